The monoisotopic (exact) mass is 395 g/mol. The van der Waals surface area contributed by atoms with Crippen molar-refractivity contribution in [1.29, 1.82) is 0 Å². The Hall–Kier alpha value is -3.16. The molecule has 8 nitrogen and oxygen atoms in total. The van der Waals surface area contributed by atoms with Crippen LogP contribution < -0.4 is 4.74 Å². The van der Waals surface area contributed by atoms with Crippen LogP contribution >= 0.6 is 0 Å². The number of amides is 1. The van der Waals surface area contributed by atoms with Gasteiger partial charge in [0.15, 0.2) is 5.82 Å². The van der Waals surface area contributed by atoms with Gasteiger partial charge in [0, 0.05) is 37.4 Å². The van der Waals surface area contributed by atoms with E-state index in [0.29, 0.717) is 24.8 Å². The normalized spacial score (nSPS) is 15.5. The lowest BCUT2D eigenvalue weighted by molar-refractivity contribution is 0.0123. The van der Waals surface area contributed by atoms with E-state index in [-0.39, 0.29) is 12.2 Å². The lowest BCUT2D eigenvalue weighted by Gasteiger charge is -2.33. The molecule has 0 saturated carbocycles. The number of likely N-dealkylation sites (tertiary alicyclic amines) is 1. The fraction of sp³-hybridized carbons (Fsp3) is 0.429. The van der Waals surface area contributed by atoms with Crippen molar-refractivity contribution in [3.8, 4) is 11.7 Å². The van der Waals surface area contributed by atoms with Crippen LogP contribution in [0.5, 0.6) is 5.88 Å². The number of carbonyl (C=O) groups excluding carboxylic acids is 1. The van der Waals surface area contributed by atoms with Crippen molar-refractivity contribution in [2.24, 2.45) is 0 Å². The SMILES string of the molecule is CC(C)(C)OC(=O)N1CCC(Oc2cc(-n3ncc4ccccc43)ncn2)CC1. The second-order valence-corrected chi connectivity index (χ2v) is 8.11. The molecule has 0 radical (unpaired) electrons. The molecule has 0 bridgehead atoms. The van der Waals surface area contributed by atoms with E-state index in [1.807, 2.05) is 51.2 Å². The Balaban J connectivity index is 1.40. The van der Waals surface area contributed by atoms with Crippen LogP contribution in [0, 0.1) is 0 Å². The average Bonchev–Trinajstić information content (AvgIpc) is 3.12. The molecule has 1 aromatic carbocycles. The quantitative estimate of drug-likeness (QED) is 0.674. The van der Waals surface area contributed by atoms with Crippen molar-refractivity contribution < 1.29 is 14.3 Å². The van der Waals surface area contributed by atoms with Crippen molar-refractivity contribution in [2.45, 2.75) is 45.3 Å². The van der Waals surface area contributed by atoms with Gasteiger partial charge in [0.05, 0.1) is 11.7 Å². The second-order valence-electron chi connectivity index (χ2n) is 8.11. The largest absolute Gasteiger partial charge is 0.474 e. The molecule has 0 spiro atoms. The van der Waals surface area contributed by atoms with Crippen LogP contribution in [0.25, 0.3) is 16.7 Å². The second kappa shape index (κ2) is 7.69. The van der Waals surface area contributed by atoms with E-state index in [9.17, 15) is 4.79 Å². The Labute approximate surface area is 169 Å². The number of piperidine rings is 1. The van der Waals surface area contributed by atoms with E-state index < -0.39 is 5.60 Å². The highest BCUT2D eigenvalue weighted by Gasteiger charge is 2.27. The van der Waals surface area contributed by atoms with E-state index in [4.69, 9.17) is 9.47 Å². The molecular weight excluding hydrogens is 370 g/mol. The lowest BCUT2D eigenvalue weighted by Crippen LogP contribution is -2.44. The van der Waals surface area contributed by atoms with Crippen LogP contribution in [-0.4, -0.2) is 55.5 Å². The van der Waals surface area contributed by atoms with Crippen LogP contribution in [0.1, 0.15) is 33.6 Å². The molecule has 29 heavy (non-hydrogen) atoms. The molecule has 152 valence electrons. The highest BCUT2D eigenvalue weighted by Crippen LogP contribution is 2.22. The van der Waals surface area contributed by atoms with Gasteiger partial charge >= 0.3 is 6.09 Å². The molecule has 0 unspecified atom stereocenters. The zero-order valence-corrected chi connectivity index (χ0v) is 16.9. The molecule has 1 aliphatic rings. The first-order chi connectivity index (χ1) is 13.9. The maximum absolute atomic E-state index is 12.2. The van der Waals surface area contributed by atoms with Gasteiger partial charge in [0.25, 0.3) is 0 Å². The summed E-state index contributed by atoms with van der Waals surface area (Å²) >= 11 is 0. The van der Waals surface area contributed by atoms with E-state index >= 15 is 0 Å². The molecule has 3 aromatic rings. The molecule has 0 N–H and O–H groups in total. The summed E-state index contributed by atoms with van der Waals surface area (Å²) in [4.78, 5) is 22.5. The first-order valence-corrected chi connectivity index (χ1v) is 9.79. The predicted octanol–water partition coefficient (Wildman–Crippen LogP) is 3.59. The van der Waals surface area contributed by atoms with Gasteiger partial charge in [-0.1, -0.05) is 18.2 Å². The van der Waals surface area contributed by atoms with Crippen LogP contribution in [0.3, 0.4) is 0 Å². The number of hydrogen-bond donors (Lipinski definition) is 0. The van der Waals surface area contributed by atoms with E-state index in [2.05, 4.69) is 15.1 Å². The average molecular weight is 395 g/mol. The highest BCUT2D eigenvalue weighted by molar-refractivity contribution is 5.79. The highest BCUT2D eigenvalue weighted by atomic mass is 16.6. The first-order valence-electron chi connectivity index (χ1n) is 9.79. The molecule has 3 heterocycles. The number of nitrogens with zero attached hydrogens (tertiary/aromatic N) is 5. The maximum Gasteiger partial charge on any atom is 0.410 e. The minimum Gasteiger partial charge on any atom is -0.474 e. The Morgan fingerprint density at radius 1 is 1.14 bits per heavy atom. The molecule has 1 fully saturated rings. The summed E-state index contributed by atoms with van der Waals surface area (Å²) in [5, 5.41) is 5.47. The van der Waals surface area contributed by atoms with Gasteiger partial charge in [0.2, 0.25) is 5.88 Å². The van der Waals surface area contributed by atoms with Crippen molar-refractivity contribution >= 4 is 17.0 Å². The first kappa shape index (κ1) is 19.2. The fourth-order valence-corrected chi connectivity index (χ4v) is 3.32. The molecule has 1 saturated heterocycles. The van der Waals surface area contributed by atoms with Crippen molar-refractivity contribution in [3.63, 3.8) is 0 Å². The fourth-order valence-electron chi connectivity index (χ4n) is 3.32. The summed E-state index contributed by atoms with van der Waals surface area (Å²) < 4.78 is 13.3. The van der Waals surface area contributed by atoms with Crippen LogP contribution in [0.2, 0.25) is 0 Å². The van der Waals surface area contributed by atoms with Gasteiger partial charge < -0.3 is 14.4 Å². The molecule has 0 atom stereocenters. The smallest absolute Gasteiger partial charge is 0.410 e. The molecule has 4 rings (SSSR count). The number of rotatable bonds is 3. The molecule has 1 amide bonds. The Morgan fingerprint density at radius 3 is 2.66 bits per heavy atom. The zero-order valence-electron chi connectivity index (χ0n) is 16.9. The van der Waals surface area contributed by atoms with E-state index in [0.717, 1.165) is 23.7 Å². The summed E-state index contributed by atoms with van der Waals surface area (Å²) in [5.74, 6) is 1.16. The van der Waals surface area contributed by atoms with Crippen molar-refractivity contribution in [2.75, 3.05) is 13.1 Å². The van der Waals surface area contributed by atoms with Crippen LogP contribution in [0.4, 0.5) is 4.79 Å². The van der Waals surface area contributed by atoms with Crippen LogP contribution in [-0.2, 0) is 4.74 Å². The third-order valence-corrected chi connectivity index (χ3v) is 4.70. The molecule has 2 aromatic heterocycles. The Kier molecular flexibility index (Phi) is 5.08. The predicted molar refractivity (Wildman–Crippen MR) is 108 cm³/mol. The number of para-hydroxylation sites is 1. The zero-order chi connectivity index (χ0) is 20.4. The van der Waals surface area contributed by atoms with Gasteiger partial charge in [-0.15, -0.1) is 0 Å². The van der Waals surface area contributed by atoms with Gasteiger partial charge in [-0.3, -0.25) is 0 Å². The van der Waals surface area contributed by atoms with Gasteiger partial charge in [0.1, 0.15) is 18.0 Å². The number of fused-ring (bicyclic) bond motifs is 1. The third kappa shape index (κ3) is 4.47. The topological polar surface area (TPSA) is 82.4 Å². The van der Waals surface area contributed by atoms with Gasteiger partial charge in [-0.05, 0) is 26.8 Å². The molecule has 8 heteroatoms. The summed E-state index contributed by atoms with van der Waals surface area (Å²) in [5.41, 5.74) is 0.487. The number of carbonyl (C=O) groups is 1. The minimum atomic E-state index is -0.488. The van der Waals surface area contributed by atoms with E-state index in [1.165, 1.54) is 6.33 Å². The number of benzene rings is 1. The summed E-state index contributed by atoms with van der Waals surface area (Å²) in [7, 11) is 0. The van der Waals surface area contributed by atoms with Gasteiger partial charge in [-0.25, -0.2) is 19.4 Å². The summed E-state index contributed by atoms with van der Waals surface area (Å²) in [6, 6.07) is 9.75. The van der Waals surface area contributed by atoms with Gasteiger partial charge in [-0.2, -0.15) is 5.10 Å². The van der Waals surface area contributed by atoms with Crippen molar-refractivity contribution in [3.05, 3.63) is 42.9 Å². The maximum atomic E-state index is 12.2. The van der Waals surface area contributed by atoms with E-state index in [1.54, 1.807) is 15.6 Å². The molecule has 0 aliphatic carbocycles. The van der Waals surface area contributed by atoms with Crippen LogP contribution in [0.15, 0.2) is 42.9 Å². The molecular formula is C21H25N5O3. The Bertz CT molecular complexity index is 1000. The third-order valence-electron chi connectivity index (χ3n) is 4.70. The number of aromatic nitrogens is 4. The summed E-state index contributed by atoms with van der Waals surface area (Å²) in [6.07, 6.45) is 4.46. The number of ether oxygens (including phenoxy) is 2. The number of hydrogen-bond acceptors (Lipinski definition) is 6. The minimum absolute atomic E-state index is 0.00852. The summed E-state index contributed by atoms with van der Waals surface area (Å²) in [6.45, 7) is 6.81. The lowest BCUT2D eigenvalue weighted by atomic mass is 10.1. The Morgan fingerprint density at radius 2 is 1.90 bits per heavy atom. The molecule has 1 aliphatic heterocycles. The van der Waals surface area contributed by atoms with Crippen molar-refractivity contribution in [1.82, 2.24) is 24.6 Å². The standard InChI is InChI=1S/C21H25N5O3/c1-21(2,3)29-20(27)25-10-8-16(9-11-25)28-19-12-18(22-14-23-19)26-17-7-5-4-6-15(17)13-24-26/h4-7,12-14,16H,8-11H2,1-3H3.